The molecule has 0 spiro atoms. The van der Waals surface area contributed by atoms with E-state index < -0.39 is 0 Å². The number of benzene rings is 2. The van der Waals surface area contributed by atoms with Gasteiger partial charge in [0.15, 0.2) is 0 Å². The number of carbonyl (C=O) groups excluding carboxylic acids is 1. The topological polar surface area (TPSA) is 59.6 Å². The monoisotopic (exact) mass is 344 g/mol. The largest absolute Gasteiger partial charge is 0.497 e. The van der Waals surface area contributed by atoms with Crippen molar-refractivity contribution in [1.82, 2.24) is 5.32 Å². The van der Waals surface area contributed by atoms with Crippen molar-refractivity contribution in [2.75, 3.05) is 25.6 Å². The molecule has 0 aromatic heterocycles. The van der Waals surface area contributed by atoms with E-state index in [2.05, 4.69) is 22.5 Å². The lowest BCUT2D eigenvalue weighted by Gasteiger charge is -2.06. The summed E-state index contributed by atoms with van der Waals surface area (Å²) >= 11 is 5.96. The Morgan fingerprint density at radius 3 is 2.79 bits per heavy atom. The van der Waals surface area contributed by atoms with Crippen LogP contribution in [0.4, 0.5) is 10.5 Å². The highest BCUT2D eigenvalue weighted by molar-refractivity contribution is 6.32. The molecule has 24 heavy (non-hydrogen) atoms. The Labute approximate surface area is 145 Å². The molecule has 0 aliphatic carbocycles. The van der Waals surface area contributed by atoms with Crippen molar-refractivity contribution in [3.63, 3.8) is 0 Å². The first-order chi connectivity index (χ1) is 11.7. The van der Waals surface area contributed by atoms with Crippen LogP contribution in [-0.2, 0) is 0 Å². The van der Waals surface area contributed by atoms with E-state index in [-0.39, 0.29) is 19.2 Å². The van der Waals surface area contributed by atoms with Gasteiger partial charge >= 0.3 is 6.03 Å². The van der Waals surface area contributed by atoms with Crippen LogP contribution in [0.5, 0.6) is 11.5 Å². The lowest BCUT2D eigenvalue weighted by Crippen LogP contribution is -2.28. The smallest absolute Gasteiger partial charge is 0.319 e. The molecule has 0 saturated heterocycles. The maximum absolute atomic E-state index is 11.7. The predicted octanol–water partition coefficient (Wildman–Crippen LogP) is 3.55. The molecule has 0 radical (unpaired) electrons. The zero-order chi connectivity index (χ0) is 17.2. The molecule has 2 rings (SSSR count). The van der Waals surface area contributed by atoms with Gasteiger partial charge in [0.25, 0.3) is 0 Å². The van der Waals surface area contributed by atoms with E-state index in [9.17, 15) is 4.79 Å². The molecule has 0 unspecified atom stereocenters. The zero-order valence-corrected chi connectivity index (χ0v) is 13.9. The summed E-state index contributed by atoms with van der Waals surface area (Å²) in [6.07, 6.45) is 0. The normalized spacial score (nSPS) is 9.42. The van der Waals surface area contributed by atoms with Crippen LogP contribution in [0.1, 0.15) is 0 Å². The fraction of sp³-hybridized carbons (Fsp3) is 0.167. The maximum Gasteiger partial charge on any atom is 0.319 e. The second-order valence-corrected chi connectivity index (χ2v) is 5.02. The molecule has 0 aliphatic heterocycles. The summed E-state index contributed by atoms with van der Waals surface area (Å²) in [5.74, 6) is 6.86. The second kappa shape index (κ2) is 9.33. The Morgan fingerprint density at radius 1 is 1.17 bits per heavy atom. The van der Waals surface area contributed by atoms with Crippen molar-refractivity contribution in [2.24, 2.45) is 0 Å². The van der Waals surface area contributed by atoms with E-state index in [1.165, 1.54) is 0 Å². The van der Waals surface area contributed by atoms with Gasteiger partial charge in [0, 0.05) is 11.8 Å². The fourth-order valence-electron chi connectivity index (χ4n) is 1.79. The highest BCUT2D eigenvalue weighted by Gasteiger charge is 2.01. The molecule has 0 atom stereocenters. The fourth-order valence-corrected chi connectivity index (χ4v) is 1.98. The van der Waals surface area contributed by atoms with Crippen molar-refractivity contribution < 1.29 is 14.3 Å². The molecule has 0 bridgehead atoms. The summed E-state index contributed by atoms with van der Waals surface area (Å²) in [5.41, 5.74) is 0.641. The molecule has 0 fully saturated rings. The number of amides is 2. The quantitative estimate of drug-likeness (QED) is 0.815. The van der Waals surface area contributed by atoms with Crippen LogP contribution in [0.25, 0.3) is 0 Å². The Kier molecular flexibility index (Phi) is 6.81. The minimum Gasteiger partial charge on any atom is -0.497 e. The van der Waals surface area contributed by atoms with E-state index in [0.717, 1.165) is 0 Å². The number of methoxy groups -OCH3 is 1. The first-order valence-corrected chi connectivity index (χ1v) is 7.59. The standard InChI is InChI=1S/C18H17ClN2O3/c1-23-15-8-6-7-14(13-15)21-18(22)20-11-4-5-12-24-17-10-3-2-9-16(17)19/h2-3,6-10,13H,11-12H2,1H3,(H2,20,21,22). The summed E-state index contributed by atoms with van der Waals surface area (Å²) in [7, 11) is 1.57. The number of halogens is 1. The van der Waals surface area contributed by atoms with Crippen molar-refractivity contribution in [1.29, 1.82) is 0 Å². The van der Waals surface area contributed by atoms with Crippen molar-refractivity contribution >= 4 is 23.3 Å². The van der Waals surface area contributed by atoms with Crippen LogP contribution in [0, 0.1) is 11.8 Å². The number of hydrogen-bond donors (Lipinski definition) is 2. The van der Waals surface area contributed by atoms with E-state index in [0.29, 0.717) is 22.2 Å². The second-order valence-electron chi connectivity index (χ2n) is 4.61. The number of anilines is 1. The third kappa shape index (κ3) is 5.75. The average Bonchev–Trinajstić information content (AvgIpc) is 2.59. The molecule has 0 aliphatic rings. The van der Waals surface area contributed by atoms with Gasteiger partial charge in [-0.15, -0.1) is 0 Å². The van der Waals surface area contributed by atoms with Gasteiger partial charge in [0.2, 0.25) is 0 Å². The summed E-state index contributed by atoms with van der Waals surface area (Å²) in [4.78, 5) is 11.7. The van der Waals surface area contributed by atoms with Crippen LogP contribution < -0.4 is 20.1 Å². The number of nitrogens with one attached hydrogen (secondary N) is 2. The molecule has 2 aromatic rings. The summed E-state index contributed by atoms with van der Waals surface area (Å²) in [5, 5.41) is 5.86. The SMILES string of the molecule is COc1cccc(NC(=O)NCC#CCOc2ccccc2Cl)c1. The van der Waals surface area contributed by atoms with Crippen LogP contribution in [0.15, 0.2) is 48.5 Å². The molecule has 2 aromatic carbocycles. The zero-order valence-electron chi connectivity index (χ0n) is 13.1. The van der Waals surface area contributed by atoms with Gasteiger partial charge in [-0.25, -0.2) is 4.79 Å². The van der Waals surface area contributed by atoms with Crippen molar-refractivity contribution in [3.05, 3.63) is 53.6 Å². The van der Waals surface area contributed by atoms with Gasteiger partial charge in [-0.1, -0.05) is 41.6 Å². The van der Waals surface area contributed by atoms with E-state index >= 15 is 0 Å². The van der Waals surface area contributed by atoms with Gasteiger partial charge in [0.05, 0.1) is 18.7 Å². The Morgan fingerprint density at radius 2 is 2.00 bits per heavy atom. The Hall–Kier alpha value is -2.84. The number of urea groups is 1. The van der Waals surface area contributed by atoms with Gasteiger partial charge in [-0.2, -0.15) is 0 Å². The van der Waals surface area contributed by atoms with E-state index in [1.54, 1.807) is 43.5 Å². The molecule has 2 amide bonds. The van der Waals surface area contributed by atoms with E-state index in [4.69, 9.17) is 21.1 Å². The first-order valence-electron chi connectivity index (χ1n) is 7.21. The van der Waals surface area contributed by atoms with Crippen LogP contribution >= 0.6 is 11.6 Å². The highest BCUT2D eigenvalue weighted by Crippen LogP contribution is 2.22. The van der Waals surface area contributed by atoms with Crippen LogP contribution in [0.3, 0.4) is 0 Å². The lowest BCUT2D eigenvalue weighted by molar-refractivity contribution is 0.253. The predicted molar refractivity (Wildman–Crippen MR) is 94.7 cm³/mol. The van der Waals surface area contributed by atoms with Gasteiger partial charge in [-0.05, 0) is 24.3 Å². The summed E-state index contributed by atoms with van der Waals surface area (Å²) in [6.45, 7) is 0.407. The maximum atomic E-state index is 11.7. The van der Waals surface area contributed by atoms with Gasteiger partial charge in [-0.3, -0.25) is 0 Å². The first kappa shape index (κ1) is 17.5. The minimum absolute atomic E-state index is 0.197. The Bertz CT molecular complexity index is 753. The minimum atomic E-state index is -0.343. The van der Waals surface area contributed by atoms with Gasteiger partial charge in [0.1, 0.15) is 18.1 Å². The number of rotatable bonds is 5. The van der Waals surface area contributed by atoms with E-state index in [1.807, 2.05) is 12.1 Å². The van der Waals surface area contributed by atoms with Crippen molar-refractivity contribution in [3.8, 4) is 23.3 Å². The molecular formula is C18H17ClN2O3. The molecule has 6 heteroatoms. The summed E-state index contributed by atoms with van der Waals surface area (Å²) in [6, 6.07) is 13.9. The third-order valence-electron chi connectivity index (χ3n) is 2.93. The lowest BCUT2D eigenvalue weighted by atomic mass is 10.3. The number of para-hydroxylation sites is 1. The third-order valence-corrected chi connectivity index (χ3v) is 3.24. The molecule has 0 saturated carbocycles. The average molecular weight is 345 g/mol. The van der Waals surface area contributed by atoms with Crippen LogP contribution in [0.2, 0.25) is 5.02 Å². The molecule has 0 heterocycles. The number of ether oxygens (including phenoxy) is 2. The molecule has 2 N–H and O–H groups in total. The number of hydrogen-bond acceptors (Lipinski definition) is 3. The number of carbonyl (C=O) groups is 1. The molecule has 124 valence electrons. The summed E-state index contributed by atoms with van der Waals surface area (Å²) < 4.78 is 10.5. The molecule has 5 nitrogen and oxygen atoms in total. The highest BCUT2D eigenvalue weighted by atomic mass is 35.5. The Balaban J connectivity index is 1.70. The van der Waals surface area contributed by atoms with Crippen LogP contribution in [-0.4, -0.2) is 26.3 Å². The van der Waals surface area contributed by atoms with Gasteiger partial charge < -0.3 is 20.1 Å². The van der Waals surface area contributed by atoms with Crippen molar-refractivity contribution in [2.45, 2.75) is 0 Å². The molecular weight excluding hydrogens is 328 g/mol.